The Morgan fingerprint density at radius 3 is 1.16 bits per heavy atom. The minimum atomic E-state index is -0.521. The number of benzene rings is 13. The van der Waals surface area contributed by atoms with Gasteiger partial charge in [-0.3, -0.25) is 0 Å². The van der Waals surface area contributed by atoms with Crippen molar-refractivity contribution in [3.63, 3.8) is 0 Å². The van der Waals surface area contributed by atoms with Crippen LogP contribution in [0.2, 0.25) is 0 Å². The van der Waals surface area contributed by atoms with Crippen molar-refractivity contribution in [3.8, 4) is 72.4 Å². The van der Waals surface area contributed by atoms with E-state index in [1.54, 1.807) is 4.57 Å². The SMILES string of the molecule is [2H]c1c([2H])c([2H])c2c(c1[2H])c1c([2H])c([2H])c([2H])c([2H])c1n2-c1ccc2c(c1)N(c1c(-c3ccccc3)cc(C(C)(C)C)cc1-c1ccccc1)c1cc(-c3ccc(C(C)(C)C)cc3C(C)(C)C)cc3c1B2c1cc(-c2cccc(C(C)(C)C)c2)ccc1N3c1c(-c2ccccc2)cc(C(C)(C)C)cc1-c1ccccc1. The molecule has 0 amide bonds. The summed E-state index contributed by atoms with van der Waals surface area (Å²) >= 11 is 0. The smallest absolute Gasteiger partial charge is 0.252 e. The predicted octanol–water partition coefficient (Wildman–Crippen LogP) is 25.4. The van der Waals surface area contributed by atoms with E-state index in [2.05, 4.69) is 344 Å². The van der Waals surface area contributed by atoms with Gasteiger partial charge in [0.05, 0.1) is 33.4 Å². The lowest BCUT2D eigenvalue weighted by molar-refractivity contribution is 0.570. The maximum absolute atomic E-state index is 9.93. The summed E-state index contributed by atoms with van der Waals surface area (Å²) in [6.07, 6.45) is 0. The van der Waals surface area contributed by atoms with Crippen LogP contribution in [-0.4, -0.2) is 11.3 Å². The fourth-order valence-corrected chi connectivity index (χ4v) is 15.6. The quantitative estimate of drug-likeness (QED) is 0.133. The molecule has 4 heteroatoms. The molecule has 0 aliphatic carbocycles. The van der Waals surface area contributed by atoms with E-state index in [1.165, 1.54) is 22.3 Å². The molecular formula is C98H92BN3. The van der Waals surface area contributed by atoms with Crippen molar-refractivity contribution in [1.29, 1.82) is 0 Å². The average molecular weight is 1330 g/mol. The van der Waals surface area contributed by atoms with Gasteiger partial charge < -0.3 is 14.4 Å². The Morgan fingerprint density at radius 1 is 0.284 bits per heavy atom. The van der Waals surface area contributed by atoms with Crippen LogP contribution >= 0.6 is 0 Å². The summed E-state index contributed by atoms with van der Waals surface area (Å²) < 4.78 is 77.8. The summed E-state index contributed by atoms with van der Waals surface area (Å²) in [5.41, 5.74) is 26.2. The molecule has 3 nitrogen and oxygen atoms in total. The Balaban J connectivity index is 1.17. The second kappa shape index (κ2) is 24.6. The molecule has 13 aromatic carbocycles. The summed E-state index contributed by atoms with van der Waals surface area (Å²) in [6, 6.07) is 83.7. The number of fused-ring (bicyclic) bond motifs is 7. The van der Waals surface area contributed by atoms with E-state index >= 15 is 0 Å². The van der Waals surface area contributed by atoms with Gasteiger partial charge in [-0.2, -0.15) is 0 Å². The van der Waals surface area contributed by atoms with E-state index in [-0.39, 0.29) is 61.0 Å². The van der Waals surface area contributed by atoms with Crippen molar-refractivity contribution in [2.75, 3.05) is 9.80 Å². The lowest BCUT2D eigenvalue weighted by Crippen LogP contribution is -2.61. The highest BCUT2D eigenvalue weighted by Gasteiger charge is 2.47. The highest BCUT2D eigenvalue weighted by atomic mass is 15.2. The van der Waals surface area contributed by atoms with E-state index in [0.717, 1.165) is 123 Å². The molecule has 0 bridgehead atoms. The number of rotatable bonds is 9. The molecule has 1 aromatic heterocycles. The molecule has 0 spiro atoms. The molecule has 102 heavy (non-hydrogen) atoms. The topological polar surface area (TPSA) is 11.4 Å². The summed E-state index contributed by atoms with van der Waals surface area (Å²) in [6.45, 7) is 33.8. The van der Waals surface area contributed by atoms with Crippen LogP contribution in [0.15, 0.2) is 285 Å². The van der Waals surface area contributed by atoms with Gasteiger partial charge in [-0.15, -0.1) is 0 Å². The van der Waals surface area contributed by atoms with Crippen LogP contribution < -0.4 is 26.2 Å². The molecule has 0 unspecified atom stereocenters. The van der Waals surface area contributed by atoms with Gasteiger partial charge in [0.15, 0.2) is 0 Å². The van der Waals surface area contributed by atoms with Gasteiger partial charge in [-0.1, -0.05) is 322 Å². The van der Waals surface area contributed by atoms with Gasteiger partial charge >= 0.3 is 0 Å². The lowest BCUT2D eigenvalue weighted by Gasteiger charge is -2.46. The Morgan fingerprint density at radius 2 is 0.706 bits per heavy atom. The van der Waals surface area contributed by atoms with E-state index < -0.39 is 43.0 Å². The number of para-hydroxylation sites is 2. The highest BCUT2D eigenvalue weighted by molar-refractivity contribution is 7.00. The number of hydrogen-bond donors (Lipinski definition) is 0. The maximum atomic E-state index is 9.93. The molecule has 502 valence electrons. The zero-order valence-corrected chi connectivity index (χ0v) is 61.4. The van der Waals surface area contributed by atoms with E-state index in [9.17, 15) is 8.22 Å². The van der Waals surface area contributed by atoms with Crippen molar-refractivity contribution in [1.82, 2.24) is 4.57 Å². The van der Waals surface area contributed by atoms with Crippen molar-refractivity contribution in [2.45, 2.75) is 131 Å². The standard InChI is InChI=1S/C98H92BN3/c1-94(2,3)70-42-32-41-67(53-70)68-47-52-87-84(54-68)99-83-51-49-74(100-85-45-30-28-43-76(85)77-44-29-31-46-86(77)100)62-88(83)102(93-80(65-37-24-18-25-38-65)59-73(97(10,11)12)60-81(93)66-39-26-19-27-40-66)90-56-69(75-50-48-71(95(4,5)6)61-82(75)98(13,14)15)55-89(91(90)99)101(87)92-78(63-33-20-16-21-34-63)57-72(96(7,8)9)58-79(92)64-35-22-17-23-36-64/h16-62H,1-15H3/i28D,29D,30D,31D,43D,44D,45D,46D. The molecule has 0 saturated carbocycles. The minimum absolute atomic E-state index is 0.0134. The Kier molecular flexibility index (Phi) is 13.7. The molecule has 2 aliphatic heterocycles. The van der Waals surface area contributed by atoms with Crippen molar-refractivity contribution in [3.05, 3.63) is 313 Å². The first-order valence-corrected chi connectivity index (χ1v) is 36.0. The van der Waals surface area contributed by atoms with Crippen molar-refractivity contribution in [2.24, 2.45) is 0 Å². The Labute approximate surface area is 617 Å². The highest BCUT2D eigenvalue weighted by Crippen LogP contribution is 2.56. The zero-order chi connectivity index (χ0) is 77.9. The van der Waals surface area contributed by atoms with Crippen molar-refractivity contribution < 1.29 is 11.0 Å². The van der Waals surface area contributed by atoms with Crippen LogP contribution in [0.4, 0.5) is 34.1 Å². The Hall–Kier alpha value is -10.7. The second-order valence-corrected chi connectivity index (χ2v) is 33.2. The maximum Gasteiger partial charge on any atom is 0.252 e. The van der Waals surface area contributed by atoms with Crippen LogP contribution in [0.3, 0.4) is 0 Å². The number of aromatic nitrogens is 1. The van der Waals surface area contributed by atoms with E-state index in [4.69, 9.17) is 2.74 Å². The fraction of sp³-hybridized carbons (Fsp3) is 0.204. The minimum Gasteiger partial charge on any atom is -0.310 e. The average Bonchev–Trinajstić information content (AvgIpc) is 0.924. The monoisotopic (exact) mass is 1330 g/mol. The molecule has 0 fully saturated rings. The van der Waals surface area contributed by atoms with Crippen molar-refractivity contribution >= 4 is 79.0 Å². The summed E-state index contributed by atoms with van der Waals surface area (Å²) in [4.78, 5) is 5.10. The third kappa shape index (κ3) is 11.5. The molecule has 0 N–H and O–H groups in total. The first-order valence-electron chi connectivity index (χ1n) is 40.0. The van der Waals surface area contributed by atoms with Crippen LogP contribution in [0.5, 0.6) is 0 Å². The third-order valence-corrected chi connectivity index (χ3v) is 21.1. The summed E-state index contributed by atoms with van der Waals surface area (Å²) in [7, 11) is 0. The zero-order valence-electron chi connectivity index (χ0n) is 69.4. The summed E-state index contributed by atoms with van der Waals surface area (Å²) in [5.74, 6) is 0. The largest absolute Gasteiger partial charge is 0.310 e. The number of anilines is 6. The van der Waals surface area contributed by atoms with Gasteiger partial charge in [-0.05, 0) is 182 Å². The predicted molar refractivity (Wildman–Crippen MR) is 441 cm³/mol. The summed E-state index contributed by atoms with van der Waals surface area (Å²) in [5, 5.41) is 0.0268. The first kappa shape index (κ1) is 57.0. The first-order chi connectivity index (χ1) is 52.1. The van der Waals surface area contributed by atoms with E-state index in [1.807, 2.05) is 6.07 Å². The molecular weight excluding hydrogens is 1230 g/mol. The normalized spacial score (nSPS) is 14.3. The molecule has 0 radical (unpaired) electrons. The molecule has 2 aliphatic rings. The molecule has 3 heterocycles. The molecule has 0 saturated heterocycles. The number of nitrogens with zero attached hydrogens (tertiary/aromatic N) is 3. The number of hydrogen-bond acceptors (Lipinski definition) is 2. The molecule has 0 atom stereocenters. The Bertz CT molecular complexity index is 5890. The van der Waals surface area contributed by atoms with Gasteiger partial charge in [0.1, 0.15) is 0 Å². The third-order valence-electron chi connectivity index (χ3n) is 21.1. The molecule has 16 rings (SSSR count). The molecule has 14 aromatic rings. The fourth-order valence-electron chi connectivity index (χ4n) is 15.6. The van der Waals surface area contributed by atoms with Gasteiger partial charge in [-0.25, -0.2) is 0 Å². The van der Waals surface area contributed by atoms with Crippen LogP contribution in [-0.2, 0) is 27.1 Å². The van der Waals surface area contributed by atoms with Crippen LogP contribution in [0, 0.1) is 0 Å². The van der Waals surface area contributed by atoms with Gasteiger partial charge in [0.2, 0.25) is 0 Å². The van der Waals surface area contributed by atoms with Crippen LogP contribution in [0.25, 0.3) is 94.3 Å². The second-order valence-electron chi connectivity index (χ2n) is 33.2. The van der Waals surface area contributed by atoms with E-state index in [0.29, 0.717) is 5.69 Å². The van der Waals surface area contributed by atoms with Gasteiger partial charge in [0.25, 0.3) is 6.71 Å². The lowest BCUT2D eigenvalue weighted by atomic mass is 9.33. The van der Waals surface area contributed by atoms with Gasteiger partial charge in [0, 0.05) is 61.5 Å². The van der Waals surface area contributed by atoms with Crippen LogP contribution in [0.1, 0.15) is 143 Å².